The molecular weight excluding hydrogens is 368 g/mol. The molecular formula is C17H14ClF2N3OS. The van der Waals surface area contributed by atoms with Crippen molar-refractivity contribution in [3.8, 4) is 11.3 Å². The first-order chi connectivity index (χ1) is 12.0. The molecule has 0 amide bonds. The number of pyridine rings is 1. The van der Waals surface area contributed by atoms with E-state index >= 15 is 0 Å². The second-order valence-electron chi connectivity index (χ2n) is 5.67. The molecule has 0 aliphatic carbocycles. The summed E-state index contributed by atoms with van der Waals surface area (Å²) in [4.78, 5) is 11.4. The van der Waals surface area contributed by atoms with Crippen molar-refractivity contribution in [2.45, 2.75) is 5.38 Å². The number of aromatic nitrogens is 2. The van der Waals surface area contributed by atoms with E-state index < -0.39 is 5.38 Å². The molecule has 130 valence electrons. The number of hydrogen-bond donors (Lipinski definition) is 0. The van der Waals surface area contributed by atoms with E-state index in [1.165, 1.54) is 17.4 Å². The number of thiazole rings is 1. The number of benzene rings is 1. The summed E-state index contributed by atoms with van der Waals surface area (Å²) in [5.74, 6) is 0. The van der Waals surface area contributed by atoms with Crippen LogP contribution < -0.4 is 4.90 Å². The van der Waals surface area contributed by atoms with Crippen molar-refractivity contribution >= 4 is 38.4 Å². The van der Waals surface area contributed by atoms with Crippen LogP contribution in [0.25, 0.3) is 21.6 Å². The van der Waals surface area contributed by atoms with Crippen molar-refractivity contribution < 1.29 is 13.5 Å². The quantitative estimate of drug-likeness (QED) is 0.627. The van der Waals surface area contributed by atoms with Gasteiger partial charge >= 0.3 is 5.38 Å². The van der Waals surface area contributed by atoms with E-state index in [1.807, 2.05) is 35.2 Å². The molecule has 0 atom stereocenters. The van der Waals surface area contributed by atoms with Gasteiger partial charge < -0.3 is 9.64 Å². The zero-order chi connectivity index (χ0) is 17.4. The number of morpholine rings is 1. The summed E-state index contributed by atoms with van der Waals surface area (Å²) in [5.41, 5.74) is 1.06. The summed E-state index contributed by atoms with van der Waals surface area (Å²) < 4.78 is 33.3. The summed E-state index contributed by atoms with van der Waals surface area (Å²) in [7, 11) is 0. The molecule has 1 fully saturated rings. The third-order valence-corrected chi connectivity index (χ3v) is 5.23. The van der Waals surface area contributed by atoms with E-state index in [1.54, 1.807) is 0 Å². The number of halogens is 3. The number of fused-ring (bicyclic) bond motifs is 1. The van der Waals surface area contributed by atoms with Crippen LogP contribution in [0.1, 0.15) is 5.56 Å². The average Bonchev–Trinajstić information content (AvgIpc) is 3.05. The van der Waals surface area contributed by atoms with Crippen LogP contribution in [0.3, 0.4) is 0 Å². The minimum Gasteiger partial charge on any atom is -0.378 e. The maximum absolute atomic E-state index is 14.0. The fourth-order valence-corrected chi connectivity index (χ4v) is 3.92. The van der Waals surface area contributed by atoms with Crippen LogP contribution in [-0.2, 0) is 10.1 Å². The lowest BCUT2D eigenvalue weighted by molar-refractivity contribution is 0.0966. The zero-order valence-electron chi connectivity index (χ0n) is 13.1. The van der Waals surface area contributed by atoms with Crippen LogP contribution in [0.2, 0.25) is 0 Å². The number of ether oxygens (including phenoxy) is 1. The largest absolute Gasteiger partial charge is 0.378 e. The Balaban J connectivity index is 1.87. The fourth-order valence-electron chi connectivity index (χ4n) is 2.76. The van der Waals surface area contributed by atoms with Crippen LogP contribution >= 0.6 is 22.9 Å². The molecule has 1 aromatic carbocycles. The summed E-state index contributed by atoms with van der Waals surface area (Å²) in [5, 5.41) is -2.85. The standard InChI is InChI=1S/C17H14ClF2N3OS/c18-17(19,20)12-10-13(11-4-2-1-3-5-11)21-15-14(12)22-16(25-15)23-6-8-24-9-7-23/h1-5,10H,6-9H2. The van der Waals surface area contributed by atoms with Crippen LogP contribution in [0.5, 0.6) is 0 Å². The van der Waals surface area contributed by atoms with Crippen molar-refractivity contribution in [1.29, 1.82) is 0 Å². The van der Waals surface area contributed by atoms with Gasteiger partial charge in [-0.15, -0.1) is 0 Å². The second-order valence-corrected chi connectivity index (χ2v) is 7.10. The Labute approximate surface area is 152 Å². The second kappa shape index (κ2) is 6.48. The molecule has 3 aromatic rings. The van der Waals surface area contributed by atoms with Gasteiger partial charge in [-0.1, -0.05) is 41.7 Å². The lowest BCUT2D eigenvalue weighted by Gasteiger charge is -2.25. The van der Waals surface area contributed by atoms with E-state index in [0.717, 1.165) is 5.56 Å². The van der Waals surface area contributed by atoms with Gasteiger partial charge in [0.05, 0.1) is 24.5 Å². The van der Waals surface area contributed by atoms with Gasteiger partial charge in [0.25, 0.3) is 0 Å². The van der Waals surface area contributed by atoms with Crippen LogP contribution in [0, 0.1) is 0 Å². The zero-order valence-corrected chi connectivity index (χ0v) is 14.7. The highest BCUT2D eigenvalue weighted by Crippen LogP contribution is 2.41. The molecule has 0 bridgehead atoms. The highest BCUT2D eigenvalue weighted by atomic mass is 35.5. The molecule has 0 N–H and O–H groups in total. The third-order valence-electron chi connectivity index (χ3n) is 4.01. The summed E-state index contributed by atoms with van der Waals surface area (Å²) >= 11 is 6.66. The number of rotatable bonds is 3. The molecule has 3 heterocycles. The molecule has 2 aromatic heterocycles. The first-order valence-electron chi connectivity index (χ1n) is 7.79. The molecule has 1 aliphatic heterocycles. The molecule has 0 spiro atoms. The molecule has 4 nitrogen and oxygen atoms in total. The van der Waals surface area contributed by atoms with Crippen LogP contribution in [0.15, 0.2) is 36.4 Å². The smallest absolute Gasteiger partial charge is 0.350 e. The van der Waals surface area contributed by atoms with Crippen molar-refractivity contribution in [3.63, 3.8) is 0 Å². The highest BCUT2D eigenvalue weighted by Gasteiger charge is 2.33. The van der Waals surface area contributed by atoms with Gasteiger partial charge in [0.2, 0.25) is 0 Å². The van der Waals surface area contributed by atoms with E-state index in [0.29, 0.717) is 42.0 Å². The Morgan fingerprint density at radius 2 is 1.84 bits per heavy atom. The van der Waals surface area contributed by atoms with E-state index in [-0.39, 0.29) is 11.1 Å². The normalized spacial score (nSPS) is 15.7. The molecule has 4 rings (SSSR count). The third kappa shape index (κ3) is 3.31. The van der Waals surface area contributed by atoms with Crippen molar-refractivity contribution in [2.24, 2.45) is 0 Å². The van der Waals surface area contributed by atoms with Crippen molar-refractivity contribution in [3.05, 3.63) is 42.0 Å². The van der Waals surface area contributed by atoms with Gasteiger partial charge in [-0.25, -0.2) is 9.97 Å². The molecule has 0 radical (unpaired) electrons. The number of hydrogen-bond acceptors (Lipinski definition) is 5. The van der Waals surface area contributed by atoms with Crippen LogP contribution in [-0.4, -0.2) is 36.3 Å². The molecule has 0 saturated carbocycles. The van der Waals surface area contributed by atoms with Gasteiger partial charge in [-0.2, -0.15) is 8.78 Å². The monoisotopic (exact) mass is 381 g/mol. The van der Waals surface area contributed by atoms with Gasteiger partial charge in [-0.3, -0.25) is 0 Å². The van der Waals surface area contributed by atoms with Crippen LogP contribution in [0.4, 0.5) is 13.9 Å². The molecule has 8 heteroatoms. The summed E-state index contributed by atoms with van der Waals surface area (Å²) in [6.45, 7) is 2.55. The van der Waals surface area contributed by atoms with Crippen molar-refractivity contribution in [2.75, 3.05) is 31.2 Å². The summed E-state index contributed by atoms with van der Waals surface area (Å²) in [6, 6.07) is 10.5. The first kappa shape index (κ1) is 16.6. The Kier molecular flexibility index (Phi) is 4.31. The fraction of sp³-hybridized carbons (Fsp3) is 0.294. The maximum Gasteiger partial charge on any atom is 0.350 e. The maximum atomic E-state index is 14.0. The Morgan fingerprint density at radius 1 is 1.12 bits per heavy atom. The average molecular weight is 382 g/mol. The SMILES string of the molecule is FC(F)(Cl)c1cc(-c2ccccc2)nc2sc(N3CCOCC3)nc12. The van der Waals surface area contributed by atoms with Gasteiger partial charge in [0.15, 0.2) is 5.13 Å². The minimum absolute atomic E-state index is 0.158. The lowest BCUT2D eigenvalue weighted by Crippen LogP contribution is -2.36. The minimum atomic E-state index is -3.51. The van der Waals surface area contributed by atoms with Gasteiger partial charge in [-0.05, 0) is 17.7 Å². The number of anilines is 1. The molecule has 25 heavy (non-hydrogen) atoms. The van der Waals surface area contributed by atoms with Gasteiger partial charge in [0.1, 0.15) is 10.3 Å². The summed E-state index contributed by atoms with van der Waals surface area (Å²) in [6.07, 6.45) is 0. The molecule has 0 unspecified atom stereocenters. The topological polar surface area (TPSA) is 38.2 Å². The predicted octanol–water partition coefficient (Wildman–Crippen LogP) is 4.48. The first-order valence-corrected chi connectivity index (χ1v) is 8.99. The Hall–Kier alpha value is -1.83. The molecule has 1 aliphatic rings. The Morgan fingerprint density at radius 3 is 2.52 bits per heavy atom. The predicted molar refractivity (Wildman–Crippen MR) is 95.6 cm³/mol. The van der Waals surface area contributed by atoms with E-state index in [2.05, 4.69) is 9.97 Å². The molecule has 1 saturated heterocycles. The van der Waals surface area contributed by atoms with E-state index in [9.17, 15) is 8.78 Å². The Bertz CT molecular complexity index is 892. The highest BCUT2D eigenvalue weighted by molar-refractivity contribution is 7.21. The lowest BCUT2D eigenvalue weighted by atomic mass is 10.1. The number of nitrogens with zero attached hydrogens (tertiary/aromatic N) is 3. The van der Waals surface area contributed by atoms with Crippen molar-refractivity contribution in [1.82, 2.24) is 9.97 Å². The number of alkyl halides is 3. The van der Waals surface area contributed by atoms with E-state index in [4.69, 9.17) is 16.3 Å². The van der Waals surface area contributed by atoms with Gasteiger partial charge in [0, 0.05) is 18.7 Å².